The summed E-state index contributed by atoms with van der Waals surface area (Å²) < 4.78 is 16.6. The summed E-state index contributed by atoms with van der Waals surface area (Å²) in [5, 5.41) is 13.8. The van der Waals surface area contributed by atoms with Gasteiger partial charge in [-0.05, 0) is 48.9 Å². The predicted molar refractivity (Wildman–Crippen MR) is 128 cm³/mol. The maximum atomic E-state index is 12.6. The zero-order valence-corrected chi connectivity index (χ0v) is 18.5. The second-order valence-electron chi connectivity index (χ2n) is 7.14. The lowest BCUT2D eigenvalue weighted by Gasteiger charge is -2.09. The van der Waals surface area contributed by atoms with Gasteiger partial charge in [0.2, 0.25) is 11.8 Å². The van der Waals surface area contributed by atoms with Gasteiger partial charge in [0.1, 0.15) is 5.52 Å². The Morgan fingerprint density at radius 2 is 1.97 bits per heavy atom. The summed E-state index contributed by atoms with van der Waals surface area (Å²) >= 11 is 0. The molecule has 1 aromatic heterocycles. The number of nitro groups is 1. The highest BCUT2D eigenvalue weighted by molar-refractivity contribution is 6.04. The van der Waals surface area contributed by atoms with E-state index in [0.29, 0.717) is 34.9 Å². The molecule has 0 unspecified atom stereocenters. The number of non-ortho nitro benzene ring substituents is 1. The molecule has 34 heavy (non-hydrogen) atoms. The van der Waals surface area contributed by atoms with Crippen molar-refractivity contribution < 1.29 is 23.6 Å². The van der Waals surface area contributed by atoms with E-state index in [0.717, 1.165) is 5.56 Å². The first-order valence-electron chi connectivity index (χ1n) is 10.4. The number of aromatic nitrogens is 1. The Morgan fingerprint density at radius 1 is 1.15 bits per heavy atom. The van der Waals surface area contributed by atoms with Gasteiger partial charge in [-0.3, -0.25) is 14.9 Å². The molecule has 0 radical (unpaired) electrons. The lowest BCUT2D eigenvalue weighted by atomic mass is 10.1. The molecule has 0 bridgehead atoms. The molecule has 0 atom stereocenters. The fourth-order valence-electron chi connectivity index (χ4n) is 3.33. The molecule has 4 aromatic rings. The molecule has 3 aromatic carbocycles. The van der Waals surface area contributed by atoms with Crippen LogP contribution in [0.15, 0.2) is 71.2 Å². The number of benzene rings is 3. The van der Waals surface area contributed by atoms with Gasteiger partial charge < -0.3 is 19.2 Å². The summed E-state index contributed by atoms with van der Waals surface area (Å²) in [6.45, 7) is 2.41. The fraction of sp³-hybridized carbons (Fsp3) is 0.120. The Labute approximate surface area is 194 Å². The Morgan fingerprint density at radius 3 is 2.74 bits per heavy atom. The van der Waals surface area contributed by atoms with Gasteiger partial charge in [0.25, 0.3) is 5.69 Å². The lowest BCUT2D eigenvalue weighted by Crippen LogP contribution is -2.08. The van der Waals surface area contributed by atoms with Gasteiger partial charge in [0, 0.05) is 12.1 Å². The van der Waals surface area contributed by atoms with Crippen LogP contribution < -0.4 is 14.8 Å². The van der Waals surface area contributed by atoms with Crippen molar-refractivity contribution in [3.8, 4) is 23.0 Å². The zero-order valence-electron chi connectivity index (χ0n) is 18.5. The third-order valence-corrected chi connectivity index (χ3v) is 4.91. The first-order valence-corrected chi connectivity index (χ1v) is 10.4. The van der Waals surface area contributed by atoms with Crippen molar-refractivity contribution in [2.24, 2.45) is 0 Å². The van der Waals surface area contributed by atoms with Crippen LogP contribution in [0.5, 0.6) is 11.5 Å². The molecular weight excluding hydrogens is 438 g/mol. The highest BCUT2D eigenvalue weighted by atomic mass is 16.6. The molecule has 0 saturated carbocycles. The smallest absolute Gasteiger partial charge is 0.273 e. The number of nitrogens with zero attached hydrogens (tertiary/aromatic N) is 2. The molecule has 0 saturated heterocycles. The average molecular weight is 459 g/mol. The number of nitrogens with one attached hydrogen (secondary N) is 1. The number of amides is 1. The van der Waals surface area contributed by atoms with Gasteiger partial charge in [-0.2, -0.15) is 0 Å². The minimum atomic E-state index is -0.498. The van der Waals surface area contributed by atoms with E-state index in [1.165, 1.54) is 24.3 Å². The Balaban J connectivity index is 1.55. The third kappa shape index (κ3) is 4.88. The molecule has 0 fully saturated rings. The molecule has 0 spiro atoms. The number of anilines is 1. The number of nitro benzene ring substituents is 1. The van der Waals surface area contributed by atoms with E-state index in [2.05, 4.69) is 10.3 Å². The number of hydrogen-bond donors (Lipinski definition) is 1. The number of rotatable bonds is 8. The minimum absolute atomic E-state index is 0.0900. The van der Waals surface area contributed by atoms with E-state index in [1.807, 2.05) is 13.0 Å². The minimum Gasteiger partial charge on any atom is -0.493 e. The Kier molecular flexibility index (Phi) is 6.54. The summed E-state index contributed by atoms with van der Waals surface area (Å²) in [5.41, 5.74) is 2.48. The van der Waals surface area contributed by atoms with Crippen LogP contribution >= 0.6 is 0 Å². The quantitative estimate of drug-likeness (QED) is 0.211. The molecule has 0 aliphatic rings. The number of methoxy groups -OCH3 is 1. The van der Waals surface area contributed by atoms with E-state index in [4.69, 9.17) is 13.9 Å². The highest BCUT2D eigenvalue weighted by Gasteiger charge is 2.16. The second kappa shape index (κ2) is 9.86. The van der Waals surface area contributed by atoms with E-state index in [1.54, 1.807) is 49.6 Å². The number of oxazole rings is 1. The Hall–Kier alpha value is -4.66. The molecule has 1 N–H and O–H groups in total. The molecule has 1 heterocycles. The maximum Gasteiger partial charge on any atom is 0.273 e. The summed E-state index contributed by atoms with van der Waals surface area (Å²) in [5.74, 6) is 1.09. The summed E-state index contributed by atoms with van der Waals surface area (Å²) in [7, 11) is 1.55. The fourth-order valence-corrected chi connectivity index (χ4v) is 3.33. The molecule has 4 rings (SSSR count). The number of carbonyl (C=O) groups is 1. The number of ether oxygens (including phenoxy) is 2. The Bertz CT molecular complexity index is 1390. The van der Waals surface area contributed by atoms with Gasteiger partial charge in [0.15, 0.2) is 17.1 Å². The van der Waals surface area contributed by atoms with Crippen LogP contribution in [0.25, 0.3) is 28.6 Å². The number of fused-ring (bicyclic) bond motifs is 1. The second-order valence-corrected chi connectivity index (χ2v) is 7.14. The number of hydrogen-bond acceptors (Lipinski definition) is 7. The molecule has 172 valence electrons. The first kappa shape index (κ1) is 22.5. The maximum absolute atomic E-state index is 12.6. The standard InChI is InChI=1S/C25H21N3O6/c1-3-33-21-12-8-16(14-23(21)32-2)9-13-24(29)26-19-7-5-4-6-18(19)25-27-20-11-10-17(28(30)31)15-22(20)34-25/h4-15H,3H2,1-2H3,(H,26,29). The molecule has 9 nitrogen and oxygen atoms in total. The summed E-state index contributed by atoms with van der Waals surface area (Å²) in [6.07, 6.45) is 3.07. The molecule has 0 aliphatic carbocycles. The van der Waals surface area contributed by atoms with E-state index >= 15 is 0 Å². The van der Waals surface area contributed by atoms with Crippen LogP contribution in [0.4, 0.5) is 11.4 Å². The zero-order chi connectivity index (χ0) is 24.1. The van der Waals surface area contributed by atoms with Gasteiger partial charge >= 0.3 is 0 Å². The van der Waals surface area contributed by atoms with Gasteiger partial charge in [-0.1, -0.05) is 18.2 Å². The van der Waals surface area contributed by atoms with Crippen LogP contribution in [0.2, 0.25) is 0 Å². The van der Waals surface area contributed by atoms with Crippen molar-refractivity contribution >= 4 is 34.5 Å². The van der Waals surface area contributed by atoms with Crippen molar-refractivity contribution in [3.63, 3.8) is 0 Å². The molecular formula is C25H21N3O6. The largest absolute Gasteiger partial charge is 0.493 e. The van der Waals surface area contributed by atoms with Crippen LogP contribution in [0.1, 0.15) is 12.5 Å². The number of para-hydroxylation sites is 1. The monoisotopic (exact) mass is 459 g/mol. The van der Waals surface area contributed by atoms with Crippen molar-refractivity contribution in [3.05, 3.63) is 82.4 Å². The van der Waals surface area contributed by atoms with Gasteiger partial charge in [0.05, 0.1) is 36.0 Å². The van der Waals surface area contributed by atoms with Crippen molar-refractivity contribution in [2.45, 2.75) is 6.92 Å². The highest BCUT2D eigenvalue weighted by Crippen LogP contribution is 2.32. The third-order valence-electron chi connectivity index (χ3n) is 4.91. The molecule has 9 heteroatoms. The van der Waals surface area contributed by atoms with E-state index in [9.17, 15) is 14.9 Å². The topological polar surface area (TPSA) is 117 Å². The van der Waals surface area contributed by atoms with Crippen molar-refractivity contribution in [2.75, 3.05) is 19.0 Å². The molecule has 0 aliphatic heterocycles. The SMILES string of the molecule is CCOc1ccc(C=CC(=O)Nc2ccccc2-c2nc3ccc([N+](=O)[O-])cc3o2)cc1OC. The van der Waals surface area contributed by atoms with Crippen LogP contribution in [0.3, 0.4) is 0 Å². The predicted octanol–water partition coefficient (Wildman–Crippen LogP) is 5.46. The van der Waals surface area contributed by atoms with Crippen molar-refractivity contribution in [1.82, 2.24) is 4.98 Å². The van der Waals surface area contributed by atoms with Crippen molar-refractivity contribution in [1.29, 1.82) is 0 Å². The summed E-state index contributed by atoms with van der Waals surface area (Å²) in [4.78, 5) is 27.5. The first-order chi connectivity index (χ1) is 16.5. The summed E-state index contributed by atoms with van der Waals surface area (Å²) in [6, 6.07) is 16.6. The van der Waals surface area contributed by atoms with Crippen LogP contribution in [0, 0.1) is 10.1 Å². The van der Waals surface area contributed by atoms with Gasteiger partial charge in [-0.25, -0.2) is 4.98 Å². The van der Waals surface area contributed by atoms with E-state index < -0.39 is 4.92 Å². The van der Waals surface area contributed by atoms with Crippen LogP contribution in [-0.4, -0.2) is 29.5 Å². The molecule has 1 amide bonds. The lowest BCUT2D eigenvalue weighted by molar-refractivity contribution is -0.384. The normalized spacial score (nSPS) is 11.0. The average Bonchev–Trinajstić information content (AvgIpc) is 3.27. The van der Waals surface area contributed by atoms with Crippen LogP contribution in [-0.2, 0) is 4.79 Å². The van der Waals surface area contributed by atoms with Gasteiger partial charge in [-0.15, -0.1) is 0 Å². The number of carbonyl (C=O) groups excluding carboxylic acids is 1. The van der Waals surface area contributed by atoms with E-state index in [-0.39, 0.29) is 23.1 Å².